The predicted octanol–water partition coefficient (Wildman–Crippen LogP) is 2.04. The molecule has 0 saturated carbocycles. The Hall–Kier alpha value is -3.60. The Bertz CT molecular complexity index is 1270. The number of carbonyl (C=O) groups is 2. The lowest BCUT2D eigenvalue weighted by molar-refractivity contribution is 0.101. The van der Waals surface area contributed by atoms with E-state index in [-0.39, 0.29) is 5.56 Å². The van der Waals surface area contributed by atoms with E-state index in [1.807, 2.05) is 0 Å². The number of ketones is 1. The zero-order valence-corrected chi connectivity index (χ0v) is 16.5. The monoisotopic (exact) mass is 432 g/mol. The number of nitriles is 1. The predicted molar refractivity (Wildman–Crippen MR) is 103 cm³/mol. The van der Waals surface area contributed by atoms with Crippen LogP contribution in [0.15, 0.2) is 29.2 Å². The number of hydrogen-bond donors (Lipinski definition) is 2. The average molecular weight is 432 g/mol. The van der Waals surface area contributed by atoms with Crippen molar-refractivity contribution in [1.82, 2.24) is 0 Å². The van der Waals surface area contributed by atoms with Crippen LogP contribution in [0.4, 0.5) is 14.5 Å². The summed E-state index contributed by atoms with van der Waals surface area (Å²) in [6, 6.07) is 5.68. The van der Waals surface area contributed by atoms with Crippen molar-refractivity contribution in [3.05, 3.63) is 58.2 Å². The molecule has 0 aliphatic carbocycles. The van der Waals surface area contributed by atoms with E-state index in [0.717, 1.165) is 25.3 Å². The lowest BCUT2D eigenvalue weighted by atomic mass is 10.0. The van der Waals surface area contributed by atoms with Crippen LogP contribution in [0, 0.1) is 34.8 Å². The molecule has 154 valence electrons. The van der Waals surface area contributed by atoms with Gasteiger partial charge in [-0.05, 0) is 31.2 Å². The second kappa shape index (κ2) is 8.82. The maximum Gasteiger partial charge on any atom is 0.257 e. The van der Waals surface area contributed by atoms with Crippen molar-refractivity contribution in [2.24, 2.45) is 0 Å². The van der Waals surface area contributed by atoms with Gasteiger partial charge >= 0.3 is 0 Å². The number of hydrogen-bond acceptors (Lipinski definition) is 6. The Kier molecular flexibility index (Phi) is 6.67. The zero-order valence-electron chi connectivity index (χ0n) is 15.7. The SMILES string of the molecule is CC(=O)c1c(NC(=O)c2cc(C#N)ccc2S(C)(=O)=O)cc(F)c(C#CCO)c1F. The summed E-state index contributed by atoms with van der Waals surface area (Å²) in [5.74, 6) is -0.381. The molecule has 10 heteroatoms. The summed E-state index contributed by atoms with van der Waals surface area (Å²) in [6.07, 6.45) is 0.847. The van der Waals surface area contributed by atoms with Crippen molar-refractivity contribution in [3.8, 4) is 17.9 Å². The molecule has 2 N–H and O–H groups in total. The highest BCUT2D eigenvalue weighted by Crippen LogP contribution is 2.27. The van der Waals surface area contributed by atoms with Crippen molar-refractivity contribution in [2.45, 2.75) is 11.8 Å². The first-order valence-electron chi connectivity index (χ1n) is 8.19. The normalized spacial score (nSPS) is 10.5. The Morgan fingerprint density at radius 1 is 1.23 bits per heavy atom. The van der Waals surface area contributed by atoms with Gasteiger partial charge in [0.2, 0.25) is 0 Å². The third-order valence-electron chi connectivity index (χ3n) is 3.86. The average Bonchev–Trinajstić information content (AvgIpc) is 2.66. The highest BCUT2D eigenvalue weighted by atomic mass is 32.2. The minimum atomic E-state index is -3.88. The van der Waals surface area contributed by atoms with Gasteiger partial charge < -0.3 is 10.4 Å². The van der Waals surface area contributed by atoms with Gasteiger partial charge in [0.25, 0.3) is 5.91 Å². The topological polar surface area (TPSA) is 124 Å². The first-order valence-corrected chi connectivity index (χ1v) is 10.1. The maximum absolute atomic E-state index is 14.7. The number of carbonyl (C=O) groups excluding carboxylic acids is 2. The van der Waals surface area contributed by atoms with E-state index in [9.17, 15) is 26.8 Å². The van der Waals surface area contributed by atoms with Crippen LogP contribution in [-0.4, -0.2) is 38.1 Å². The molecule has 0 fully saturated rings. The molecular weight excluding hydrogens is 418 g/mol. The highest BCUT2D eigenvalue weighted by Gasteiger charge is 2.25. The maximum atomic E-state index is 14.7. The molecule has 0 radical (unpaired) electrons. The summed E-state index contributed by atoms with van der Waals surface area (Å²) in [4.78, 5) is 24.2. The van der Waals surface area contributed by atoms with Crippen molar-refractivity contribution in [2.75, 3.05) is 18.2 Å². The summed E-state index contributed by atoms with van der Waals surface area (Å²) in [5.41, 5.74) is -2.44. The molecule has 1 amide bonds. The molecule has 0 atom stereocenters. The second-order valence-electron chi connectivity index (χ2n) is 6.04. The minimum Gasteiger partial charge on any atom is -0.384 e. The fraction of sp³-hybridized carbons (Fsp3) is 0.150. The molecule has 0 spiro atoms. The van der Waals surface area contributed by atoms with Crippen molar-refractivity contribution >= 4 is 27.2 Å². The van der Waals surface area contributed by atoms with Gasteiger partial charge in [0, 0.05) is 6.26 Å². The molecule has 2 aromatic rings. The van der Waals surface area contributed by atoms with Crippen LogP contribution in [0.2, 0.25) is 0 Å². The Morgan fingerprint density at radius 2 is 1.90 bits per heavy atom. The molecular formula is C20H14F2N2O5S. The first kappa shape index (κ1) is 22.7. The summed E-state index contributed by atoms with van der Waals surface area (Å²) in [5, 5.41) is 19.8. The van der Waals surface area contributed by atoms with Gasteiger partial charge in [-0.25, -0.2) is 17.2 Å². The number of halogens is 2. The number of benzene rings is 2. The molecule has 0 bridgehead atoms. The molecule has 0 aliphatic heterocycles. The molecule has 0 aromatic heterocycles. The Balaban J connectivity index is 2.65. The van der Waals surface area contributed by atoms with Crippen LogP contribution in [-0.2, 0) is 9.84 Å². The van der Waals surface area contributed by atoms with Gasteiger partial charge in [-0.2, -0.15) is 5.26 Å². The fourth-order valence-electron chi connectivity index (χ4n) is 2.59. The van der Waals surface area contributed by atoms with E-state index >= 15 is 0 Å². The van der Waals surface area contributed by atoms with Crippen LogP contribution in [0.5, 0.6) is 0 Å². The molecule has 0 heterocycles. The number of sulfone groups is 1. The van der Waals surface area contributed by atoms with Gasteiger partial charge in [-0.1, -0.05) is 11.8 Å². The van der Waals surface area contributed by atoms with Gasteiger partial charge in [0.1, 0.15) is 12.4 Å². The molecule has 7 nitrogen and oxygen atoms in total. The number of anilines is 1. The number of nitrogens with one attached hydrogen (secondary N) is 1. The summed E-state index contributed by atoms with van der Waals surface area (Å²) in [7, 11) is -3.88. The standard InChI is InChI=1S/C20H14F2N2O5S/c1-11(26)18-16(9-15(21)13(19(18)22)4-3-7-25)24-20(27)14-8-12(10-23)5-6-17(14)30(2,28)29/h5-6,8-9,25H,7H2,1-2H3,(H,24,27). The number of rotatable bonds is 4. The number of Topliss-reactive ketones (excluding diaryl/α,β-unsaturated/α-hetero) is 1. The summed E-state index contributed by atoms with van der Waals surface area (Å²) >= 11 is 0. The lowest BCUT2D eigenvalue weighted by Crippen LogP contribution is -2.19. The molecule has 2 aromatic carbocycles. The number of amides is 1. The molecule has 0 unspecified atom stereocenters. The molecule has 0 saturated heterocycles. The third kappa shape index (κ3) is 4.69. The molecule has 2 rings (SSSR count). The number of aliphatic hydroxyl groups excluding tert-OH is 1. The van der Waals surface area contributed by atoms with Gasteiger partial charge in [0.05, 0.1) is 38.9 Å². The van der Waals surface area contributed by atoms with E-state index in [0.29, 0.717) is 6.07 Å². The van der Waals surface area contributed by atoms with Crippen LogP contribution in [0.3, 0.4) is 0 Å². The van der Waals surface area contributed by atoms with Gasteiger partial charge in [-0.3, -0.25) is 9.59 Å². The molecule has 0 aliphatic rings. The van der Waals surface area contributed by atoms with Crippen LogP contribution in [0.25, 0.3) is 0 Å². The van der Waals surface area contributed by atoms with E-state index in [2.05, 4.69) is 17.2 Å². The van der Waals surface area contributed by atoms with E-state index < -0.39 is 67.0 Å². The summed E-state index contributed by atoms with van der Waals surface area (Å²) in [6.45, 7) is 0.309. The number of aliphatic hydroxyl groups is 1. The second-order valence-corrected chi connectivity index (χ2v) is 8.02. The third-order valence-corrected chi connectivity index (χ3v) is 5.02. The van der Waals surface area contributed by atoms with Crippen molar-refractivity contribution in [1.29, 1.82) is 5.26 Å². The van der Waals surface area contributed by atoms with Crippen LogP contribution < -0.4 is 5.32 Å². The van der Waals surface area contributed by atoms with E-state index in [4.69, 9.17) is 10.4 Å². The fourth-order valence-corrected chi connectivity index (χ4v) is 3.46. The van der Waals surface area contributed by atoms with Gasteiger partial charge in [-0.15, -0.1) is 0 Å². The van der Waals surface area contributed by atoms with Crippen LogP contribution >= 0.6 is 0 Å². The Morgan fingerprint density at radius 3 is 2.43 bits per heavy atom. The zero-order chi connectivity index (χ0) is 22.6. The lowest BCUT2D eigenvalue weighted by Gasteiger charge is -2.14. The van der Waals surface area contributed by atoms with E-state index in [1.165, 1.54) is 6.07 Å². The summed E-state index contributed by atoms with van der Waals surface area (Å²) < 4.78 is 52.9. The highest BCUT2D eigenvalue weighted by molar-refractivity contribution is 7.90. The smallest absolute Gasteiger partial charge is 0.257 e. The van der Waals surface area contributed by atoms with Crippen LogP contribution in [0.1, 0.15) is 38.8 Å². The van der Waals surface area contributed by atoms with Crippen molar-refractivity contribution < 1.29 is 31.9 Å². The van der Waals surface area contributed by atoms with Gasteiger partial charge in [0.15, 0.2) is 21.4 Å². The number of nitrogens with zero attached hydrogens (tertiary/aromatic N) is 1. The molecule has 30 heavy (non-hydrogen) atoms. The van der Waals surface area contributed by atoms with Crippen molar-refractivity contribution in [3.63, 3.8) is 0 Å². The Labute approximate surface area is 170 Å². The van der Waals surface area contributed by atoms with E-state index in [1.54, 1.807) is 6.07 Å². The largest absolute Gasteiger partial charge is 0.384 e. The minimum absolute atomic E-state index is 0.0219. The first-order chi connectivity index (χ1) is 14.0. The quantitative estimate of drug-likeness (QED) is 0.563.